The largest absolute Gasteiger partial charge is 0.485 e. The number of rotatable bonds is 10. The highest BCUT2D eigenvalue weighted by molar-refractivity contribution is 6.08. The van der Waals surface area contributed by atoms with Crippen LogP contribution in [0.1, 0.15) is 48.0 Å². The Bertz CT molecular complexity index is 1030. The third kappa shape index (κ3) is 6.17. The molecule has 2 aromatic carbocycles. The molecule has 0 atom stereocenters. The van der Waals surface area contributed by atoms with E-state index in [0.29, 0.717) is 23.6 Å². The summed E-state index contributed by atoms with van der Waals surface area (Å²) < 4.78 is 7.82. The molecular weight excluding hydrogens is 390 g/mol. The predicted molar refractivity (Wildman–Crippen MR) is 122 cm³/mol. The van der Waals surface area contributed by atoms with E-state index in [9.17, 15) is 4.79 Å². The minimum Gasteiger partial charge on any atom is -0.485 e. The fraction of sp³-hybridized carbons (Fsp3) is 0.269. The number of aromatic nitrogens is 1. The summed E-state index contributed by atoms with van der Waals surface area (Å²) in [4.78, 5) is 17.1. The smallest absolute Gasteiger partial charge is 0.209 e. The number of nitrogens with zero attached hydrogens (tertiary/aromatic N) is 1. The lowest BCUT2D eigenvalue weighted by Gasteiger charge is -2.24. The van der Waals surface area contributed by atoms with Crippen LogP contribution in [0.2, 0.25) is 0 Å². The van der Waals surface area contributed by atoms with Crippen LogP contribution in [0.25, 0.3) is 6.08 Å². The normalized spacial score (nSPS) is 11.7. The molecule has 0 aliphatic heterocycles. The lowest BCUT2D eigenvalue weighted by atomic mass is 10.0. The third-order valence-electron chi connectivity index (χ3n) is 4.96. The standard InChI is InChI=1S/C26H29NO4/c1-4-20-12-14-22(15-13-20)25(28)24-11-7-17-27(24)16-6-9-21-8-5-10-23(18-21)31-26(2,3)19-30-29/h5-15,17-18,29H,4,16,19H2,1-3H3. The molecule has 0 aliphatic rings. The van der Waals surface area contributed by atoms with E-state index in [-0.39, 0.29) is 12.4 Å². The molecule has 5 heteroatoms. The number of hydrogen-bond acceptors (Lipinski definition) is 4. The molecule has 162 valence electrons. The van der Waals surface area contributed by atoms with Crippen LogP contribution in [-0.2, 0) is 17.9 Å². The Kier molecular flexibility index (Phi) is 7.45. The highest BCUT2D eigenvalue weighted by Gasteiger charge is 2.20. The van der Waals surface area contributed by atoms with E-state index in [2.05, 4.69) is 11.8 Å². The Hall–Kier alpha value is -3.15. The van der Waals surface area contributed by atoms with E-state index in [0.717, 1.165) is 12.0 Å². The maximum absolute atomic E-state index is 12.9. The molecule has 0 spiro atoms. The summed E-state index contributed by atoms with van der Waals surface area (Å²) in [6.07, 6.45) is 6.87. The number of ketones is 1. The van der Waals surface area contributed by atoms with E-state index < -0.39 is 5.60 Å². The van der Waals surface area contributed by atoms with E-state index in [1.807, 2.05) is 97.4 Å². The fourth-order valence-electron chi connectivity index (χ4n) is 3.31. The lowest BCUT2D eigenvalue weighted by Crippen LogP contribution is -2.33. The second-order valence-corrected chi connectivity index (χ2v) is 8.04. The first kappa shape index (κ1) is 22.5. The molecule has 0 amide bonds. The van der Waals surface area contributed by atoms with Gasteiger partial charge >= 0.3 is 0 Å². The lowest BCUT2D eigenvalue weighted by molar-refractivity contribution is -0.264. The molecule has 0 unspecified atom stereocenters. The summed E-state index contributed by atoms with van der Waals surface area (Å²) in [5, 5.41) is 8.68. The van der Waals surface area contributed by atoms with Crippen molar-refractivity contribution in [1.29, 1.82) is 0 Å². The highest BCUT2D eigenvalue weighted by Crippen LogP contribution is 2.21. The van der Waals surface area contributed by atoms with Crippen LogP contribution < -0.4 is 4.74 Å². The van der Waals surface area contributed by atoms with Gasteiger partial charge in [-0.2, -0.15) is 0 Å². The maximum atomic E-state index is 12.9. The van der Waals surface area contributed by atoms with Gasteiger partial charge in [0.05, 0.1) is 5.69 Å². The summed E-state index contributed by atoms with van der Waals surface area (Å²) >= 11 is 0. The second-order valence-electron chi connectivity index (χ2n) is 8.04. The van der Waals surface area contributed by atoms with Gasteiger partial charge in [-0.3, -0.25) is 10.1 Å². The van der Waals surface area contributed by atoms with E-state index >= 15 is 0 Å². The third-order valence-corrected chi connectivity index (χ3v) is 4.96. The molecule has 0 aliphatic carbocycles. The van der Waals surface area contributed by atoms with Crippen molar-refractivity contribution in [2.75, 3.05) is 6.61 Å². The number of aryl methyl sites for hydroxylation is 1. The number of carbonyl (C=O) groups is 1. The van der Waals surface area contributed by atoms with Gasteiger partial charge < -0.3 is 9.30 Å². The molecule has 3 aromatic rings. The SMILES string of the molecule is CCc1ccc(C(=O)c2cccn2CC=Cc2cccc(OC(C)(C)COO)c2)cc1. The van der Waals surface area contributed by atoms with Gasteiger partial charge in [0.15, 0.2) is 0 Å². The molecule has 0 fully saturated rings. The summed E-state index contributed by atoms with van der Waals surface area (Å²) in [5.41, 5.74) is 2.91. The molecule has 5 nitrogen and oxygen atoms in total. The zero-order valence-electron chi connectivity index (χ0n) is 18.2. The van der Waals surface area contributed by atoms with Crippen molar-refractivity contribution in [3.8, 4) is 5.75 Å². The van der Waals surface area contributed by atoms with Crippen LogP contribution in [0.5, 0.6) is 5.75 Å². The van der Waals surface area contributed by atoms with Crippen LogP contribution in [-0.4, -0.2) is 27.8 Å². The minimum atomic E-state index is -0.646. The number of hydrogen-bond donors (Lipinski definition) is 1. The first-order valence-electron chi connectivity index (χ1n) is 10.4. The van der Waals surface area contributed by atoms with Crippen molar-refractivity contribution >= 4 is 11.9 Å². The van der Waals surface area contributed by atoms with E-state index in [1.54, 1.807) is 0 Å². The van der Waals surface area contributed by atoms with Crippen molar-refractivity contribution in [2.45, 2.75) is 39.3 Å². The molecule has 0 bridgehead atoms. The van der Waals surface area contributed by atoms with Gasteiger partial charge in [-0.1, -0.05) is 55.5 Å². The molecule has 0 saturated heterocycles. The highest BCUT2D eigenvalue weighted by atomic mass is 17.1. The quantitative estimate of drug-likeness (QED) is 0.262. The van der Waals surface area contributed by atoms with Crippen LogP contribution in [0.4, 0.5) is 0 Å². The van der Waals surface area contributed by atoms with Gasteiger partial charge in [0.1, 0.15) is 18.0 Å². The molecule has 1 heterocycles. The zero-order valence-corrected chi connectivity index (χ0v) is 18.2. The zero-order chi connectivity index (χ0) is 22.3. The average Bonchev–Trinajstić information content (AvgIpc) is 3.21. The van der Waals surface area contributed by atoms with Crippen molar-refractivity contribution in [3.63, 3.8) is 0 Å². The van der Waals surface area contributed by atoms with Crippen molar-refractivity contribution in [3.05, 3.63) is 95.3 Å². The summed E-state index contributed by atoms with van der Waals surface area (Å²) in [5.74, 6) is 0.710. The van der Waals surface area contributed by atoms with Crippen LogP contribution in [0.15, 0.2) is 72.9 Å². The summed E-state index contributed by atoms with van der Waals surface area (Å²) in [7, 11) is 0. The topological polar surface area (TPSA) is 60.7 Å². The van der Waals surface area contributed by atoms with Crippen molar-refractivity contribution in [2.24, 2.45) is 0 Å². The number of ether oxygens (including phenoxy) is 1. The summed E-state index contributed by atoms with van der Waals surface area (Å²) in [6, 6.07) is 19.2. The minimum absolute atomic E-state index is 0.0183. The Labute approximate surface area is 183 Å². The summed E-state index contributed by atoms with van der Waals surface area (Å²) in [6.45, 7) is 6.42. The molecule has 0 radical (unpaired) electrons. The van der Waals surface area contributed by atoms with Gasteiger partial charge in [-0.15, -0.1) is 0 Å². The molecule has 1 N–H and O–H groups in total. The van der Waals surface area contributed by atoms with Gasteiger partial charge in [0.25, 0.3) is 0 Å². The molecular formula is C26H29NO4. The van der Waals surface area contributed by atoms with Crippen molar-refractivity contribution < 1.29 is 19.7 Å². The molecule has 31 heavy (non-hydrogen) atoms. The van der Waals surface area contributed by atoms with Gasteiger partial charge in [-0.25, -0.2) is 4.89 Å². The predicted octanol–water partition coefficient (Wildman–Crippen LogP) is 5.64. The molecule has 1 aromatic heterocycles. The monoisotopic (exact) mass is 419 g/mol. The van der Waals surface area contributed by atoms with Gasteiger partial charge in [0.2, 0.25) is 5.78 Å². The number of benzene rings is 2. The van der Waals surface area contributed by atoms with E-state index in [1.165, 1.54) is 5.56 Å². The Morgan fingerprint density at radius 1 is 1.10 bits per heavy atom. The first-order chi connectivity index (χ1) is 14.9. The van der Waals surface area contributed by atoms with E-state index in [4.69, 9.17) is 9.99 Å². The van der Waals surface area contributed by atoms with Gasteiger partial charge in [0, 0.05) is 18.3 Å². The fourth-order valence-corrected chi connectivity index (χ4v) is 3.31. The number of allylic oxidation sites excluding steroid dienone is 1. The Morgan fingerprint density at radius 3 is 2.58 bits per heavy atom. The number of carbonyl (C=O) groups excluding carboxylic acids is 1. The second kappa shape index (κ2) is 10.2. The first-order valence-corrected chi connectivity index (χ1v) is 10.4. The average molecular weight is 420 g/mol. The Balaban J connectivity index is 1.68. The molecule has 0 saturated carbocycles. The van der Waals surface area contributed by atoms with Gasteiger partial charge in [-0.05, 0) is 55.7 Å². The maximum Gasteiger partial charge on any atom is 0.209 e. The van der Waals surface area contributed by atoms with Crippen LogP contribution in [0, 0.1) is 0 Å². The Morgan fingerprint density at radius 2 is 1.87 bits per heavy atom. The van der Waals surface area contributed by atoms with Crippen LogP contribution in [0.3, 0.4) is 0 Å². The van der Waals surface area contributed by atoms with Crippen LogP contribution >= 0.6 is 0 Å². The molecule has 3 rings (SSSR count). The van der Waals surface area contributed by atoms with Crippen molar-refractivity contribution in [1.82, 2.24) is 4.57 Å².